The van der Waals surface area contributed by atoms with Crippen LogP contribution in [0.15, 0.2) is 36.5 Å². The van der Waals surface area contributed by atoms with E-state index in [0.29, 0.717) is 0 Å². The Bertz CT molecular complexity index is 557. The lowest BCUT2D eigenvalue weighted by Gasteiger charge is -2.14. The second-order valence-electron chi connectivity index (χ2n) is 4.78. The van der Waals surface area contributed by atoms with E-state index in [-0.39, 0.29) is 6.04 Å². The van der Waals surface area contributed by atoms with Crippen LogP contribution in [0, 0.1) is 0 Å². The zero-order chi connectivity index (χ0) is 13.1. The second kappa shape index (κ2) is 5.36. The standard InChI is InChI=1S/C15H17N3O/c1-11(16-10-14-3-2-7-17-18-14)12-4-5-15-13(9-12)6-8-19-15/h2-5,7,9,11,16H,6,8,10H2,1H3. The Hall–Kier alpha value is -1.94. The predicted molar refractivity (Wildman–Crippen MR) is 72.9 cm³/mol. The highest BCUT2D eigenvalue weighted by Crippen LogP contribution is 2.28. The molecule has 0 fully saturated rings. The van der Waals surface area contributed by atoms with Crippen molar-refractivity contribution in [1.29, 1.82) is 0 Å². The van der Waals surface area contributed by atoms with Gasteiger partial charge in [0, 0.05) is 25.2 Å². The third-order valence-corrected chi connectivity index (χ3v) is 3.43. The Labute approximate surface area is 112 Å². The van der Waals surface area contributed by atoms with Gasteiger partial charge in [0.1, 0.15) is 5.75 Å². The normalized spacial score (nSPS) is 14.8. The minimum absolute atomic E-state index is 0.285. The van der Waals surface area contributed by atoms with Gasteiger partial charge >= 0.3 is 0 Å². The van der Waals surface area contributed by atoms with Crippen LogP contribution in [-0.4, -0.2) is 16.8 Å². The molecule has 1 aliphatic heterocycles. The Morgan fingerprint density at radius 1 is 1.37 bits per heavy atom. The number of hydrogen-bond acceptors (Lipinski definition) is 4. The molecule has 0 radical (unpaired) electrons. The van der Waals surface area contributed by atoms with Crippen molar-refractivity contribution in [3.8, 4) is 5.75 Å². The van der Waals surface area contributed by atoms with E-state index in [2.05, 4.69) is 40.6 Å². The molecule has 1 aliphatic rings. The van der Waals surface area contributed by atoms with Crippen molar-refractivity contribution in [3.63, 3.8) is 0 Å². The SMILES string of the molecule is CC(NCc1cccnn1)c1ccc2c(c1)CCO2. The summed E-state index contributed by atoms with van der Waals surface area (Å²) in [7, 11) is 0. The molecule has 0 aliphatic carbocycles. The topological polar surface area (TPSA) is 47.0 Å². The molecular weight excluding hydrogens is 238 g/mol. The highest BCUT2D eigenvalue weighted by atomic mass is 16.5. The van der Waals surface area contributed by atoms with Crippen LogP contribution in [0.2, 0.25) is 0 Å². The average Bonchev–Trinajstić information content (AvgIpc) is 2.93. The summed E-state index contributed by atoms with van der Waals surface area (Å²) in [6.07, 6.45) is 2.70. The number of ether oxygens (including phenoxy) is 1. The monoisotopic (exact) mass is 255 g/mol. The molecule has 19 heavy (non-hydrogen) atoms. The number of rotatable bonds is 4. The molecule has 3 rings (SSSR count). The number of aromatic nitrogens is 2. The third-order valence-electron chi connectivity index (χ3n) is 3.43. The molecule has 0 amide bonds. The molecule has 2 aromatic rings. The summed E-state index contributed by atoms with van der Waals surface area (Å²) in [6, 6.07) is 10.6. The van der Waals surface area contributed by atoms with Crippen molar-refractivity contribution >= 4 is 0 Å². The van der Waals surface area contributed by atoms with Gasteiger partial charge in [-0.2, -0.15) is 10.2 Å². The first kappa shape index (κ1) is 12.1. The van der Waals surface area contributed by atoms with E-state index in [9.17, 15) is 0 Å². The lowest BCUT2D eigenvalue weighted by atomic mass is 10.0. The first-order chi connectivity index (χ1) is 9.33. The van der Waals surface area contributed by atoms with Crippen molar-refractivity contribution in [2.75, 3.05) is 6.61 Å². The van der Waals surface area contributed by atoms with Crippen LogP contribution in [0.1, 0.15) is 29.8 Å². The van der Waals surface area contributed by atoms with E-state index in [1.807, 2.05) is 12.1 Å². The fourth-order valence-corrected chi connectivity index (χ4v) is 2.28. The van der Waals surface area contributed by atoms with Crippen LogP contribution in [0.25, 0.3) is 0 Å². The molecule has 1 aromatic heterocycles. The molecule has 98 valence electrons. The van der Waals surface area contributed by atoms with Gasteiger partial charge in [0.2, 0.25) is 0 Å². The van der Waals surface area contributed by atoms with Gasteiger partial charge < -0.3 is 10.1 Å². The van der Waals surface area contributed by atoms with Crippen molar-refractivity contribution in [2.24, 2.45) is 0 Å². The molecule has 0 bridgehead atoms. The van der Waals surface area contributed by atoms with Crippen molar-refractivity contribution in [1.82, 2.24) is 15.5 Å². The Morgan fingerprint density at radius 3 is 3.16 bits per heavy atom. The van der Waals surface area contributed by atoms with Crippen molar-refractivity contribution in [2.45, 2.75) is 25.9 Å². The van der Waals surface area contributed by atoms with Crippen LogP contribution in [0.3, 0.4) is 0 Å². The van der Waals surface area contributed by atoms with Crippen LogP contribution >= 0.6 is 0 Å². The van der Waals surface area contributed by atoms with Gasteiger partial charge in [-0.1, -0.05) is 12.1 Å². The van der Waals surface area contributed by atoms with Crippen LogP contribution in [-0.2, 0) is 13.0 Å². The summed E-state index contributed by atoms with van der Waals surface area (Å²) < 4.78 is 5.52. The molecule has 1 aromatic carbocycles. The van der Waals surface area contributed by atoms with Crippen LogP contribution in [0.4, 0.5) is 0 Å². The minimum Gasteiger partial charge on any atom is -0.493 e. The van der Waals surface area contributed by atoms with Gasteiger partial charge in [0.15, 0.2) is 0 Å². The van der Waals surface area contributed by atoms with E-state index >= 15 is 0 Å². The summed E-state index contributed by atoms with van der Waals surface area (Å²) in [5.74, 6) is 1.03. The molecule has 2 heterocycles. The quantitative estimate of drug-likeness (QED) is 0.910. The molecular formula is C15H17N3O. The minimum atomic E-state index is 0.285. The predicted octanol–water partition coefficient (Wildman–Crippen LogP) is 2.26. The third kappa shape index (κ3) is 2.74. The summed E-state index contributed by atoms with van der Waals surface area (Å²) in [6.45, 7) is 3.69. The molecule has 4 nitrogen and oxygen atoms in total. The lowest BCUT2D eigenvalue weighted by Crippen LogP contribution is -2.19. The fraction of sp³-hybridized carbons (Fsp3) is 0.333. The molecule has 1 N–H and O–H groups in total. The summed E-state index contributed by atoms with van der Waals surface area (Å²) in [4.78, 5) is 0. The summed E-state index contributed by atoms with van der Waals surface area (Å²) >= 11 is 0. The maximum atomic E-state index is 5.52. The first-order valence-corrected chi connectivity index (χ1v) is 6.58. The average molecular weight is 255 g/mol. The number of nitrogens with zero attached hydrogens (tertiary/aromatic N) is 2. The van der Waals surface area contributed by atoms with Gasteiger partial charge in [-0.05, 0) is 36.2 Å². The van der Waals surface area contributed by atoms with Gasteiger partial charge in [-0.15, -0.1) is 0 Å². The largest absolute Gasteiger partial charge is 0.493 e. The maximum Gasteiger partial charge on any atom is 0.122 e. The molecule has 0 spiro atoms. The van der Waals surface area contributed by atoms with Crippen LogP contribution < -0.4 is 10.1 Å². The number of nitrogens with one attached hydrogen (secondary N) is 1. The maximum absolute atomic E-state index is 5.52. The van der Waals surface area contributed by atoms with E-state index in [1.54, 1.807) is 6.20 Å². The molecule has 4 heteroatoms. The zero-order valence-corrected chi connectivity index (χ0v) is 11.0. The Morgan fingerprint density at radius 2 is 2.32 bits per heavy atom. The van der Waals surface area contributed by atoms with Gasteiger partial charge in [0.25, 0.3) is 0 Å². The fourth-order valence-electron chi connectivity index (χ4n) is 2.28. The van der Waals surface area contributed by atoms with E-state index in [0.717, 1.165) is 31.0 Å². The molecule has 1 atom stereocenters. The van der Waals surface area contributed by atoms with Crippen LogP contribution in [0.5, 0.6) is 5.75 Å². The Balaban J connectivity index is 1.65. The van der Waals surface area contributed by atoms with E-state index in [4.69, 9.17) is 4.74 Å². The first-order valence-electron chi connectivity index (χ1n) is 6.58. The smallest absolute Gasteiger partial charge is 0.122 e. The van der Waals surface area contributed by atoms with Gasteiger partial charge in [0.05, 0.1) is 12.3 Å². The number of benzene rings is 1. The molecule has 0 saturated heterocycles. The van der Waals surface area contributed by atoms with E-state index < -0.39 is 0 Å². The van der Waals surface area contributed by atoms with Crippen molar-refractivity contribution in [3.05, 3.63) is 53.3 Å². The number of hydrogen-bond donors (Lipinski definition) is 1. The molecule has 0 saturated carbocycles. The van der Waals surface area contributed by atoms with Gasteiger partial charge in [-0.3, -0.25) is 0 Å². The Kier molecular flexibility index (Phi) is 3.42. The summed E-state index contributed by atoms with van der Waals surface area (Å²) in [5.41, 5.74) is 3.55. The second-order valence-corrected chi connectivity index (χ2v) is 4.78. The zero-order valence-electron chi connectivity index (χ0n) is 11.0. The van der Waals surface area contributed by atoms with Crippen molar-refractivity contribution < 1.29 is 4.74 Å². The lowest BCUT2D eigenvalue weighted by molar-refractivity contribution is 0.356. The summed E-state index contributed by atoms with van der Waals surface area (Å²) in [5, 5.41) is 11.4. The highest BCUT2D eigenvalue weighted by molar-refractivity contribution is 5.40. The molecule has 1 unspecified atom stereocenters. The highest BCUT2D eigenvalue weighted by Gasteiger charge is 2.14. The van der Waals surface area contributed by atoms with E-state index in [1.165, 1.54) is 11.1 Å². The number of fused-ring (bicyclic) bond motifs is 1. The van der Waals surface area contributed by atoms with Gasteiger partial charge in [-0.25, -0.2) is 0 Å².